The number of carboxylic acids is 4. The molecule has 0 spiro atoms. The first-order valence-corrected chi connectivity index (χ1v) is 34.9. The third kappa shape index (κ3) is 16.3. The molecule has 0 saturated carbocycles. The molecule has 0 aliphatic carbocycles. The minimum Gasteiger partial charge on any atom is -0.478 e. The number of amides is 2. The molecular formula is C79H75N15O10S. The number of aromatic nitrogens is 9. The molecule has 25 nitrogen and oxygen atoms in total. The van der Waals surface area contributed by atoms with Crippen molar-refractivity contribution in [1.82, 2.24) is 65.4 Å². The summed E-state index contributed by atoms with van der Waals surface area (Å²) < 4.78 is 0. The molecule has 4 aliphatic rings. The van der Waals surface area contributed by atoms with Crippen LogP contribution >= 0.6 is 11.3 Å². The largest absolute Gasteiger partial charge is 0.478 e. The number of nitrogens with one attached hydrogen (secondary N) is 4. The zero-order chi connectivity index (χ0) is 73.1. The summed E-state index contributed by atoms with van der Waals surface area (Å²) in [7, 11) is 0. The minimum absolute atomic E-state index is 0.0337. The predicted molar refractivity (Wildman–Crippen MR) is 393 cm³/mol. The van der Waals surface area contributed by atoms with Gasteiger partial charge in [0, 0.05) is 78.8 Å². The van der Waals surface area contributed by atoms with Gasteiger partial charge in [0.25, 0.3) is 0 Å². The molecule has 0 radical (unpaired) electrons. The van der Waals surface area contributed by atoms with Crippen LogP contribution in [-0.4, -0.2) is 135 Å². The maximum absolute atomic E-state index is 13.2. The molecule has 2 atom stereocenters. The number of aromatic amines is 4. The molecule has 16 rings (SSSR count). The van der Waals surface area contributed by atoms with Gasteiger partial charge in [-0.2, -0.15) is 20.4 Å². The molecule has 0 fully saturated rings. The SMILES string of the molecule is NCCC(C(=O)N1Cc2[nH]nc(-c3ccc(C(=O)O)cc3)c2C1)c1ccccc1.NCCC(C(=O)N1Cc2[nH]nc(-c3ccc(C(=O)O)cn3)c2C1)c1ccccc1.O=C(O)c1ccc(-c2n[nH]c3c2CN(Cc2ccccc2)C3)cc1.O=C(O)c1ccc(-c2n[nH]c3c2CN(Cc2ccccc2)C3)s1. The maximum atomic E-state index is 13.2. The van der Waals surface area contributed by atoms with Crippen LogP contribution in [0.3, 0.4) is 0 Å². The van der Waals surface area contributed by atoms with Crippen LogP contribution in [0.4, 0.5) is 0 Å². The number of carbonyl (C=O) groups is 6. The third-order valence-electron chi connectivity index (χ3n) is 18.9. The number of aromatic carboxylic acids is 4. The van der Waals surface area contributed by atoms with Crippen LogP contribution < -0.4 is 11.5 Å². The molecule has 2 unspecified atom stereocenters. The van der Waals surface area contributed by atoms with Gasteiger partial charge in [-0.15, -0.1) is 11.3 Å². The monoisotopic (exact) mass is 1430 g/mol. The van der Waals surface area contributed by atoms with Crippen molar-refractivity contribution >= 4 is 47.0 Å². The number of hydrogen-bond donors (Lipinski definition) is 10. The zero-order valence-electron chi connectivity index (χ0n) is 56.9. The maximum Gasteiger partial charge on any atom is 0.345 e. The highest BCUT2D eigenvalue weighted by molar-refractivity contribution is 7.17. The average Bonchev–Trinajstić information content (AvgIpc) is 1.66. The van der Waals surface area contributed by atoms with Crippen LogP contribution in [0.1, 0.15) is 133 Å². The molecule has 10 heterocycles. The summed E-state index contributed by atoms with van der Waals surface area (Å²) in [6.07, 6.45) is 2.48. The smallest absolute Gasteiger partial charge is 0.345 e. The summed E-state index contributed by atoms with van der Waals surface area (Å²) in [5, 5.41) is 66.0. The van der Waals surface area contributed by atoms with Gasteiger partial charge < -0.3 is 41.7 Å². The van der Waals surface area contributed by atoms with E-state index in [1.165, 1.54) is 45.9 Å². The Morgan fingerprint density at radius 2 is 0.781 bits per heavy atom. The van der Waals surface area contributed by atoms with E-state index in [1.54, 1.807) is 53.4 Å². The second-order valence-corrected chi connectivity index (χ2v) is 26.9. The lowest BCUT2D eigenvalue weighted by Crippen LogP contribution is -2.32. The van der Waals surface area contributed by atoms with Gasteiger partial charge in [0.2, 0.25) is 11.8 Å². The minimum atomic E-state index is -1.03. The number of H-pyrrole nitrogens is 4. The number of thiophene rings is 1. The standard InChI is InChI=1S/C22H22N4O3.C21H21N5O3.C19H17N3O2.C17H15N3O2S/c23-11-10-17(14-4-2-1-3-5-14)21(27)26-12-18-19(13-26)24-25-20(18)15-6-8-16(9-7-15)22(28)29;22-9-8-15(13-4-2-1-3-5-13)20(27)26-11-16-18(12-26)24-25-19(16)17-7-6-14(10-23-17)21(28)29;23-19(24)15-8-6-14(7-9-15)18-16-11-22(12-17(16)20-21-18)10-13-4-2-1-3-5-13;21-17(22)15-7-6-14(23-15)16-12-9-20(10-13(12)18-19-16)8-11-4-2-1-3-5-11/h1-9,17H,10-13,23H2,(H,24,25)(H,28,29);1-7,10,15H,8-9,11-12,22H2,(H,24,25)(H,28,29);1-9H,10-12H2,(H,20,21)(H,23,24);1-7H,8-10H2,(H,18,19)(H,21,22). The molecule has 12 N–H and O–H groups in total. The molecule has 6 aromatic carbocycles. The molecule has 105 heavy (non-hydrogen) atoms. The van der Waals surface area contributed by atoms with Crippen molar-refractivity contribution < 1.29 is 49.2 Å². The van der Waals surface area contributed by atoms with E-state index in [9.17, 15) is 28.8 Å². The van der Waals surface area contributed by atoms with E-state index in [-0.39, 0.29) is 40.3 Å². The third-order valence-corrected chi connectivity index (χ3v) is 20.0. The van der Waals surface area contributed by atoms with Gasteiger partial charge in [-0.05, 0) is 96.7 Å². The second kappa shape index (κ2) is 32.3. The van der Waals surface area contributed by atoms with Crippen LogP contribution in [0.5, 0.6) is 0 Å². The summed E-state index contributed by atoms with van der Waals surface area (Å²) in [5.41, 5.74) is 30.5. The number of carboxylic acid groups (broad SMARTS) is 4. The first-order chi connectivity index (χ1) is 51.1. The number of fused-ring (bicyclic) bond motifs is 4. The lowest BCUT2D eigenvalue weighted by Gasteiger charge is -2.23. The van der Waals surface area contributed by atoms with Gasteiger partial charge in [0.05, 0.1) is 99.4 Å². The van der Waals surface area contributed by atoms with E-state index in [1.807, 2.05) is 95.9 Å². The van der Waals surface area contributed by atoms with E-state index >= 15 is 0 Å². The molecule has 26 heteroatoms. The molecule has 0 saturated heterocycles. The lowest BCUT2D eigenvalue weighted by atomic mass is 9.94. The molecule has 4 aliphatic heterocycles. The molecule has 12 aromatic rings. The van der Waals surface area contributed by atoms with Gasteiger partial charge in [0.1, 0.15) is 16.3 Å². The second-order valence-electron chi connectivity index (χ2n) is 25.8. The number of nitrogens with two attached hydrogens (primary N) is 2. The van der Waals surface area contributed by atoms with Crippen LogP contribution in [0, 0.1) is 0 Å². The van der Waals surface area contributed by atoms with Gasteiger partial charge >= 0.3 is 23.9 Å². The number of hydrogen-bond acceptors (Lipinski definition) is 16. The number of nitrogens with zero attached hydrogens (tertiary/aromatic N) is 9. The van der Waals surface area contributed by atoms with E-state index < -0.39 is 23.9 Å². The Kier molecular flexibility index (Phi) is 21.9. The predicted octanol–water partition coefficient (Wildman–Crippen LogP) is 11.5. The summed E-state index contributed by atoms with van der Waals surface area (Å²) in [6.45, 7) is 7.85. The Labute approximate surface area is 606 Å². The van der Waals surface area contributed by atoms with Gasteiger partial charge in [-0.1, -0.05) is 146 Å². The topological polar surface area (TPSA) is 376 Å². The van der Waals surface area contributed by atoms with Gasteiger partial charge in [0.15, 0.2) is 0 Å². The fourth-order valence-corrected chi connectivity index (χ4v) is 14.5. The normalized spacial score (nSPS) is 13.9. The lowest BCUT2D eigenvalue weighted by molar-refractivity contribution is -0.134. The van der Waals surface area contributed by atoms with Crippen molar-refractivity contribution in [2.45, 2.75) is 90.1 Å². The van der Waals surface area contributed by atoms with Gasteiger partial charge in [-0.3, -0.25) is 44.8 Å². The Morgan fingerprint density at radius 3 is 1.18 bits per heavy atom. The highest BCUT2D eigenvalue weighted by Crippen LogP contribution is 2.38. The Morgan fingerprint density at radius 1 is 0.400 bits per heavy atom. The molecule has 2 amide bonds. The van der Waals surface area contributed by atoms with Crippen molar-refractivity contribution in [2.75, 3.05) is 13.1 Å². The van der Waals surface area contributed by atoms with E-state index in [0.717, 1.165) is 117 Å². The number of pyridine rings is 1. The molecule has 6 aromatic heterocycles. The molecule has 532 valence electrons. The van der Waals surface area contributed by atoms with Crippen LogP contribution in [-0.2, 0) is 75.0 Å². The van der Waals surface area contributed by atoms with Crippen LogP contribution in [0.25, 0.3) is 44.5 Å². The molecule has 0 bridgehead atoms. The first-order valence-electron chi connectivity index (χ1n) is 34.1. The van der Waals surface area contributed by atoms with Crippen molar-refractivity contribution in [3.05, 3.63) is 289 Å². The van der Waals surface area contributed by atoms with Crippen molar-refractivity contribution in [1.29, 1.82) is 0 Å². The Hall–Kier alpha value is -12.3. The number of benzene rings is 6. The number of rotatable bonds is 20. The van der Waals surface area contributed by atoms with E-state index in [2.05, 4.69) is 104 Å². The van der Waals surface area contributed by atoms with Crippen molar-refractivity contribution in [2.24, 2.45) is 11.5 Å². The number of carbonyl (C=O) groups excluding carboxylic acids is 2. The van der Waals surface area contributed by atoms with Crippen LogP contribution in [0.15, 0.2) is 200 Å². The average molecular weight is 1430 g/mol. The van der Waals surface area contributed by atoms with Crippen molar-refractivity contribution in [3.63, 3.8) is 0 Å². The highest BCUT2D eigenvalue weighted by atomic mass is 32.1. The summed E-state index contributed by atoms with van der Waals surface area (Å²) >= 11 is 1.27. The van der Waals surface area contributed by atoms with Crippen molar-refractivity contribution in [3.8, 4) is 44.5 Å². The first kappa shape index (κ1) is 71.1. The Bertz CT molecular complexity index is 4880. The summed E-state index contributed by atoms with van der Waals surface area (Å²) in [4.78, 5) is 84.4. The van der Waals surface area contributed by atoms with Crippen LogP contribution in [0.2, 0.25) is 0 Å². The fourth-order valence-electron chi connectivity index (χ4n) is 13.6. The highest BCUT2D eigenvalue weighted by Gasteiger charge is 2.36. The fraction of sp³-hybridized carbons (Fsp3) is 0.203. The molecular weight excluding hydrogens is 1350 g/mol. The zero-order valence-corrected chi connectivity index (χ0v) is 57.7. The Balaban J connectivity index is 0.000000125. The van der Waals surface area contributed by atoms with E-state index in [0.29, 0.717) is 68.4 Å². The van der Waals surface area contributed by atoms with E-state index in [4.69, 9.17) is 31.9 Å². The quantitative estimate of drug-likeness (QED) is 0.0339. The summed E-state index contributed by atoms with van der Waals surface area (Å²) in [6, 6.07) is 60.3. The summed E-state index contributed by atoms with van der Waals surface area (Å²) in [5.74, 6) is -4.26. The van der Waals surface area contributed by atoms with Gasteiger partial charge in [-0.25, -0.2) is 19.2 Å².